The summed E-state index contributed by atoms with van der Waals surface area (Å²) in [6.07, 6.45) is 1.51. The molecule has 8 heteroatoms. The van der Waals surface area contributed by atoms with Crippen molar-refractivity contribution in [1.82, 2.24) is 4.90 Å². The summed E-state index contributed by atoms with van der Waals surface area (Å²) in [7, 11) is 0. The molecular weight excluding hydrogens is 438 g/mol. The molecule has 3 heterocycles. The van der Waals surface area contributed by atoms with Crippen LogP contribution in [0.15, 0.2) is 58.0 Å². The topological polar surface area (TPSA) is 80.0 Å². The number of hydrogen-bond acceptors (Lipinski definition) is 6. The molecule has 1 N–H and O–H groups in total. The van der Waals surface area contributed by atoms with Crippen LogP contribution < -0.4 is 4.74 Å². The Morgan fingerprint density at radius 1 is 1.29 bits per heavy atom. The number of ketones is 1. The molecule has 160 valence electrons. The summed E-state index contributed by atoms with van der Waals surface area (Å²) in [4.78, 5) is 28.3. The van der Waals surface area contributed by atoms with Gasteiger partial charge in [-0.1, -0.05) is 11.6 Å². The van der Waals surface area contributed by atoms with Crippen molar-refractivity contribution in [2.45, 2.75) is 26.4 Å². The van der Waals surface area contributed by atoms with E-state index >= 15 is 0 Å². The summed E-state index contributed by atoms with van der Waals surface area (Å²) in [5.41, 5.74) is 1.15. The molecule has 6 nitrogen and oxygen atoms in total. The molecule has 1 saturated heterocycles. The maximum absolute atomic E-state index is 13.1. The molecule has 0 radical (unpaired) electrons. The van der Waals surface area contributed by atoms with E-state index in [-0.39, 0.29) is 28.5 Å². The lowest BCUT2D eigenvalue weighted by molar-refractivity contribution is -0.140. The minimum atomic E-state index is -0.764. The SMILES string of the molecule is CCOc1ccc(Cl)c(/C(O)=C2\C(=O)C(=O)N(Cc3ccco3)C2c2sccc2C)c1. The summed E-state index contributed by atoms with van der Waals surface area (Å²) >= 11 is 7.76. The molecule has 0 aliphatic carbocycles. The maximum Gasteiger partial charge on any atom is 0.296 e. The number of nitrogens with zero attached hydrogens (tertiary/aromatic N) is 1. The second-order valence-corrected chi connectivity index (χ2v) is 8.40. The maximum atomic E-state index is 13.1. The van der Waals surface area contributed by atoms with Crippen LogP contribution in [0.25, 0.3) is 5.76 Å². The Kier molecular flexibility index (Phi) is 5.89. The Morgan fingerprint density at radius 2 is 2.10 bits per heavy atom. The van der Waals surface area contributed by atoms with Gasteiger partial charge < -0.3 is 19.2 Å². The van der Waals surface area contributed by atoms with E-state index < -0.39 is 17.7 Å². The van der Waals surface area contributed by atoms with E-state index in [1.165, 1.54) is 22.5 Å². The molecule has 0 spiro atoms. The van der Waals surface area contributed by atoms with Gasteiger partial charge in [-0.2, -0.15) is 0 Å². The molecule has 2 aromatic heterocycles. The van der Waals surface area contributed by atoms with Crippen LogP contribution in [0, 0.1) is 6.92 Å². The number of rotatable bonds is 6. The van der Waals surface area contributed by atoms with Gasteiger partial charge in [0.15, 0.2) is 0 Å². The normalized spacial score (nSPS) is 18.0. The average molecular weight is 458 g/mol. The zero-order valence-corrected chi connectivity index (χ0v) is 18.5. The van der Waals surface area contributed by atoms with Crippen LogP contribution in [0.4, 0.5) is 0 Å². The molecule has 1 amide bonds. The van der Waals surface area contributed by atoms with Gasteiger partial charge in [0.25, 0.3) is 11.7 Å². The van der Waals surface area contributed by atoms with Crippen LogP contribution in [0.5, 0.6) is 5.75 Å². The predicted octanol–water partition coefficient (Wildman–Crippen LogP) is 5.32. The fourth-order valence-corrected chi connectivity index (χ4v) is 4.89. The lowest BCUT2D eigenvalue weighted by atomic mass is 9.98. The second-order valence-electron chi connectivity index (χ2n) is 7.05. The molecule has 1 unspecified atom stereocenters. The van der Waals surface area contributed by atoms with Crippen molar-refractivity contribution in [2.75, 3.05) is 6.61 Å². The van der Waals surface area contributed by atoms with E-state index in [4.69, 9.17) is 20.8 Å². The second kappa shape index (κ2) is 8.61. The number of benzene rings is 1. The van der Waals surface area contributed by atoms with E-state index in [9.17, 15) is 14.7 Å². The number of aryl methyl sites for hydroxylation is 1. The van der Waals surface area contributed by atoms with Gasteiger partial charge in [-0.05, 0) is 61.2 Å². The highest BCUT2D eigenvalue weighted by Gasteiger charge is 2.47. The standard InChI is InChI=1S/C23H20ClNO5S/c1-3-29-14-6-7-17(24)16(11-14)20(26)18-19(22-13(2)8-10-31-22)25(23(28)21(18)27)12-15-5-4-9-30-15/h4-11,19,26H,3,12H2,1-2H3/b20-18+. The van der Waals surface area contributed by atoms with Crippen molar-refractivity contribution in [3.63, 3.8) is 0 Å². The fourth-order valence-electron chi connectivity index (χ4n) is 3.64. The van der Waals surface area contributed by atoms with Gasteiger partial charge in [-0.15, -0.1) is 11.3 Å². The molecule has 1 fully saturated rings. The van der Waals surface area contributed by atoms with Crippen molar-refractivity contribution in [2.24, 2.45) is 0 Å². The summed E-state index contributed by atoms with van der Waals surface area (Å²) in [6.45, 7) is 4.28. The summed E-state index contributed by atoms with van der Waals surface area (Å²) < 4.78 is 10.9. The number of carbonyl (C=O) groups excluding carboxylic acids is 2. The summed E-state index contributed by atoms with van der Waals surface area (Å²) in [5, 5.41) is 13.3. The lowest BCUT2D eigenvalue weighted by Crippen LogP contribution is -2.28. The highest BCUT2D eigenvalue weighted by atomic mass is 35.5. The average Bonchev–Trinajstić information content (AvgIpc) is 3.46. The number of hydrogen-bond donors (Lipinski definition) is 1. The molecule has 0 saturated carbocycles. The Hall–Kier alpha value is -3.03. The lowest BCUT2D eigenvalue weighted by Gasteiger charge is -2.24. The number of Topliss-reactive ketones (excluding diaryl/α,β-unsaturated/α-hetero) is 1. The third kappa shape index (κ3) is 3.86. The molecule has 1 aliphatic rings. The molecule has 31 heavy (non-hydrogen) atoms. The first kappa shape index (κ1) is 21.2. The fraction of sp³-hybridized carbons (Fsp3) is 0.217. The van der Waals surface area contributed by atoms with Gasteiger partial charge in [0.2, 0.25) is 0 Å². The van der Waals surface area contributed by atoms with Gasteiger partial charge in [0.05, 0.1) is 30.0 Å². The Balaban J connectivity index is 1.88. The number of halogens is 1. The number of carbonyl (C=O) groups is 2. The third-order valence-corrected chi connectivity index (χ3v) is 6.50. The van der Waals surface area contributed by atoms with Crippen molar-refractivity contribution in [3.8, 4) is 5.75 Å². The number of ether oxygens (including phenoxy) is 1. The highest BCUT2D eigenvalue weighted by Crippen LogP contribution is 2.44. The zero-order valence-electron chi connectivity index (χ0n) is 16.9. The third-order valence-electron chi connectivity index (χ3n) is 5.10. The van der Waals surface area contributed by atoms with E-state index in [1.54, 1.807) is 30.3 Å². The van der Waals surface area contributed by atoms with Crippen LogP contribution in [-0.4, -0.2) is 28.3 Å². The molecule has 1 aromatic carbocycles. The van der Waals surface area contributed by atoms with Crippen molar-refractivity contribution in [1.29, 1.82) is 0 Å². The number of furan rings is 1. The molecular formula is C23H20ClNO5S. The number of aliphatic hydroxyl groups excluding tert-OH is 1. The number of aliphatic hydroxyl groups is 1. The van der Waals surface area contributed by atoms with E-state index in [1.807, 2.05) is 25.3 Å². The highest BCUT2D eigenvalue weighted by molar-refractivity contribution is 7.10. The van der Waals surface area contributed by atoms with Gasteiger partial charge in [-0.25, -0.2) is 0 Å². The molecule has 1 atom stereocenters. The first-order valence-corrected chi connectivity index (χ1v) is 11.0. The summed E-state index contributed by atoms with van der Waals surface area (Å²) in [6, 6.07) is 9.45. The van der Waals surface area contributed by atoms with Crippen LogP contribution in [0.1, 0.15) is 34.7 Å². The van der Waals surface area contributed by atoms with Gasteiger partial charge in [0.1, 0.15) is 23.3 Å². The predicted molar refractivity (Wildman–Crippen MR) is 118 cm³/mol. The van der Waals surface area contributed by atoms with Gasteiger partial charge in [0, 0.05) is 10.4 Å². The zero-order chi connectivity index (χ0) is 22.1. The summed E-state index contributed by atoms with van der Waals surface area (Å²) in [5.74, 6) is -0.753. The Bertz CT molecular complexity index is 1160. The largest absolute Gasteiger partial charge is 0.507 e. The first-order chi connectivity index (χ1) is 14.9. The number of likely N-dealkylation sites (tertiary alicyclic amines) is 1. The molecule has 3 aromatic rings. The van der Waals surface area contributed by atoms with E-state index in [0.717, 1.165) is 10.4 Å². The van der Waals surface area contributed by atoms with Crippen molar-refractivity contribution in [3.05, 3.63) is 80.4 Å². The number of amides is 1. The minimum absolute atomic E-state index is 0.00217. The monoisotopic (exact) mass is 457 g/mol. The van der Waals surface area contributed by atoms with Gasteiger partial charge in [-0.3, -0.25) is 9.59 Å². The first-order valence-electron chi connectivity index (χ1n) is 9.69. The van der Waals surface area contributed by atoms with Crippen LogP contribution in [-0.2, 0) is 16.1 Å². The van der Waals surface area contributed by atoms with E-state index in [2.05, 4.69) is 0 Å². The van der Waals surface area contributed by atoms with Crippen LogP contribution in [0.2, 0.25) is 5.02 Å². The van der Waals surface area contributed by atoms with Gasteiger partial charge >= 0.3 is 0 Å². The molecule has 1 aliphatic heterocycles. The Morgan fingerprint density at radius 3 is 2.74 bits per heavy atom. The quantitative estimate of drug-likeness (QED) is 0.307. The van der Waals surface area contributed by atoms with E-state index in [0.29, 0.717) is 18.1 Å². The van der Waals surface area contributed by atoms with Crippen molar-refractivity contribution < 1.29 is 23.8 Å². The van der Waals surface area contributed by atoms with Crippen LogP contribution >= 0.6 is 22.9 Å². The molecule has 4 rings (SSSR count). The molecule has 0 bridgehead atoms. The minimum Gasteiger partial charge on any atom is -0.507 e. The number of thiophene rings is 1. The van der Waals surface area contributed by atoms with Crippen LogP contribution in [0.3, 0.4) is 0 Å². The smallest absolute Gasteiger partial charge is 0.296 e. The Labute approximate surface area is 188 Å². The van der Waals surface area contributed by atoms with Crippen molar-refractivity contribution >= 4 is 40.4 Å².